The minimum absolute atomic E-state index is 0.0592. The second kappa shape index (κ2) is 9.63. The molecule has 0 aliphatic carbocycles. The number of aromatic nitrogens is 1. The van der Waals surface area contributed by atoms with Crippen LogP contribution in [0.4, 0.5) is 24.0 Å². The lowest BCUT2D eigenvalue weighted by Gasteiger charge is -2.08. The topological polar surface area (TPSA) is 80.3 Å². The quantitative estimate of drug-likeness (QED) is 0.381. The fraction of sp³-hybridized carbons (Fsp3) is 0.0500. The number of hydrogen-bond acceptors (Lipinski definition) is 5. The number of halogens is 4. The summed E-state index contributed by atoms with van der Waals surface area (Å²) < 4.78 is 44.7. The maximum atomic E-state index is 13.6. The maximum Gasteiger partial charge on any atom is 0.292 e. The molecule has 0 aliphatic rings. The third-order valence-electron chi connectivity index (χ3n) is 3.71. The fourth-order valence-electron chi connectivity index (χ4n) is 2.29. The van der Waals surface area contributed by atoms with E-state index in [1.165, 1.54) is 24.3 Å². The van der Waals surface area contributed by atoms with Gasteiger partial charge in [0.25, 0.3) is 5.91 Å². The van der Waals surface area contributed by atoms with Crippen LogP contribution in [0.5, 0.6) is 5.75 Å². The molecule has 31 heavy (non-hydrogen) atoms. The van der Waals surface area contributed by atoms with Gasteiger partial charge in [-0.1, -0.05) is 29.5 Å². The monoisotopic (exact) mass is 467 g/mol. The largest absolute Gasteiger partial charge is 0.449 e. The first-order valence-electron chi connectivity index (χ1n) is 8.55. The van der Waals surface area contributed by atoms with E-state index in [1.54, 1.807) is 0 Å². The SMILES string of the molecule is C=C(Oc1ccc(F)cc1F)C(=O)Nc1nc(CC(=O)Nc2ccc(F)cc2)c(Cl)s1. The van der Waals surface area contributed by atoms with Crippen LogP contribution in [-0.2, 0) is 16.0 Å². The van der Waals surface area contributed by atoms with E-state index in [0.29, 0.717) is 11.8 Å². The highest BCUT2D eigenvalue weighted by Crippen LogP contribution is 2.29. The fourth-order valence-corrected chi connectivity index (χ4v) is 3.32. The number of carbonyl (C=O) groups excluding carboxylic acids is 2. The Morgan fingerprint density at radius 2 is 1.74 bits per heavy atom. The average molecular weight is 468 g/mol. The summed E-state index contributed by atoms with van der Waals surface area (Å²) in [4.78, 5) is 28.4. The smallest absolute Gasteiger partial charge is 0.292 e. The van der Waals surface area contributed by atoms with Gasteiger partial charge in [0.15, 0.2) is 22.5 Å². The van der Waals surface area contributed by atoms with Gasteiger partial charge < -0.3 is 10.1 Å². The summed E-state index contributed by atoms with van der Waals surface area (Å²) in [6.07, 6.45) is -0.194. The van der Waals surface area contributed by atoms with Gasteiger partial charge in [-0.3, -0.25) is 14.9 Å². The van der Waals surface area contributed by atoms with Crippen LogP contribution in [0.3, 0.4) is 0 Å². The Hall–Kier alpha value is -3.37. The summed E-state index contributed by atoms with van der Waals surface area (Å²) in [5.74, 6) is -4.36. The van der Waals surface area contributed by atoms with Gasteiger partial charge in [0, 0.05) is 11.8 Å². The highest BCUT2D eigenvalue weighted by atomic mass is 35.5. The van der Waals surface area contributed by atoms with Crippen molar-refractivity contribution in [3.05, 3.63) is 82.3 Å². The van der Waals surface area contributed by atoms with Crippen LogP contribution in [0.1, 0.15) is 5.69 Å². The zero-order valence-electron chi connectivity index (χ0n) is 15.5. The van der Waals surface area contributed by atoms with E-state index in [1.807, 2.05) is 0 Å². The standard InChI is InChI=1S/C20H13ClF3N3O3S/c1-10(30-16-7-4-12(23)8-14(16)24)19(29)27-20-26-15(18(21)31-20)9-17(28)25-13-5-2-11(22)3-6-13/h2-8H,1,9H2,(H,25,28)(H,26,27,29). The lowest BCUT2D eigenvalue weighted by atomic mass is 10.3. The molecule has 0 unspecified atom stereocenters. The van der Waals surface area contributed by atoms with Gasteiger partial charge in [-0.15, -0.1) is 0 Å². The number of ether oxygens (including phenoxy) is 1. The number of amides is 2. The van der Waals surface area contributed by atoms with E-state index >= 15 is 0 Å². The minimum Gasteiger partial charge on any atom is -0.449 e. The summed E-state index contributed by atoms with van der Waals surface area (Å²) in [5, 5.41) is 5.00. The summed E-state index contributed by atoms with van der Waals surface area (Å²) in [6.45, 7) is 3.40. The second-order valence-corrected chi connectivity index (χ2v) is 7.63. The first-order chi connectivity index (χ1) is 14.7. The Morgan fingerprint density at radius 3 is 2.42 bits per heavy atom. The van der Waals surface area contributed by atoms with Crippen molar-refractivity contribution in [3.63, 3.8) is 0 Å². The minimum atomic E-state index is -0.999. The van der Waals surface area contributed by atoms with Crippen molar-refractivity contribution in [3.8, 4) is 5.75 Å². The Balaban J connectivity index is 1.59. The lowest BCUT2D eigenvalue weighted by molar-refractivity contribution is -0.116. The Labute approximate surface area is 183 Å². The number of anilines is 2. The molecule has 2 aromatic carbocycles. The molecule has 1 heterocycles. The van der Waals surface area contributed by atoms with Crippen molar-refractivity contribution in [1.29, 1.82) is 0 Å². The first kappa shape index (κ1) is 22.3. The van der Waals surface area contributed by atoms with Gasteiger partial charge in [0.2, 0.25) is 5.91 Å². The maximum absolute atomic E-state index is 13.6. The van der Waals surface area contributed by atoms with Gasteiger partial charge in [-0.2, -0.15) is 0 Å². The van der Waals surface area contributed by atoms with Crippen molar-refractivity contribution in [2.24, 2.45) is 0 Å². The summed E-state index contributed by atoms with van der Waals surface area (Å²) in [6, 6.07) is 7.78. The van der Waals surface area contributed by atoms with Crippen LogP contribution < -0.4 is 15.4 Å². The van der Waals surface area contributed by atoms with Crippen LogP contribution >= 0.6 is 22.9 Å². The highest BCUT2D eigenvalue weighted by molar-refractivity contribution is 7.19. The molecule has 0 atom stereocenters. The molecule has 2 N–H and O–H groups in total. The number of carbonyl (C=O) groups is 2. The zero-order valence-corrected chi connectivity index (χ0v) is 17.1. The number of benzene rings is 2. The summed E-state index contributed by atoms with van der Waals surface area (Å²) >= 11 is 6.97. The summed E-state index contributed by atoms with van der Waals surface area (Å²) in [5.41, 5.74) is 0.602. The average Bonchev–Trinajstić information content (AvgIpc) is 3.04. The molecular formula is C20H13ClF3N3O3S. The molecule has 160 valence electrons. The van der Waals surface area contributed by atoms with Crippen molar-refractivity contribution in [1.82, 2.24) is 4.98 Å². The summed E-state index contributed by atoms with van der Waals surface area (Å²) in [7, 11) is 0. The van der Waals surface area contributed by atoms with Gasteiger partial charge in [-0.25, -0.2) is 18.2 Å². The Kier molecular flexibility index (Phi) is 6.93. The van der Waals surface area contributed by atoms with E-state index in [9.17, 15) is 22.8 Å². The van der Waals surface area contributed by atoms with E-state index in [0.717, 1.165) is 23.5 Å². The molecule has 1 aromatic heterocycles. The Bertz CT molecular complexity index is 1150. The van der Waals surface area contributed by atoms with E-state index < -0.39 is 35.0 Å². The van der Waals surface area contributed by atoms with E-state index in [-0.39, 0.29) is 27.3 Å². The van der Waals surface area contributed by atoms with Crippen LogP contribution in [0.25, 0.3) is 0 Å². The molecule has 0 bridgehead atoms. The molecule has 2 amide bonds. The van der Waals surface area contributed by atoms with Crippen LogP contribution in [0.2, 0.25) is 4.34 Å². The van der Waals surface area contributed by atoms with Crippen molar-refractivity contribution in [2.45, 2.75) is 6.42 Å². The Morgan fingerprint density at radius 1 is 1.06 bits per heavy atom. The molecule has 0 spiro atoms. The number of thiazole rings is 1. The molecule has 0 aliphatic heterocycles. The normalized spacial score (nSPS) is 10.5. The predicted octanol–water partition coefficient (Wildman–Crippen LogP) is 4.93. The number of rotatable bonds is 7. The molecule has 3 aromatic rings. The second-order valence-electron chi connectivity index (χ2n) is 6.03. The predicted molar refractivity (Wildman–Crippen MR) is 111 cm³/mol. The van der Waals surface area contributed by atoms with Crippen LogP contribution in [-0.4, -0.2) is 16.8 Å². The zero-order chi connectivity index (χ0) is 22.5. The molecule has 0 fully saturated rings. The van der Waals surface area contributed by atoms with E-state index in [2.05, 4.69) is 22.2 Å². The molecule has 3 rings (SSSR count). The molecule has 0 radical (unpaired) electrons. The van der Waals surface area contributed by atoms with Gasteiger partial charge >= 0.3 is 0 Å². The number of nitrogens with zero attached hydrogens (tertiary/aromatic N) is 1. The van der Waals surface area contributed by atoms with Gasteiger partial charge in [0.05, 0.1) is 12.1 Å². The third-order valence-corrected chi connectivity index (χ3v) is 4.96. The molecule has 0 saturated heterocycles. The number of nitrogens with one attached hydrogen (secondary N) is 2. The van der Waals surface area contributed by atoms with E-state index in [4.69, 9.17) is 16.3 Å². The van der Waals surface area contributed by atoms with Crippen molar-refractivity contribution in [2.75, 3.05) is 10.6 Å². The number of hydrogen-bond donors (Lipinski definition) is 2. The lowest BCUT2D eigenvalue weighted by Crippen LogP contribution is -2.18. The molecule has 6 nitrogen and oxygen atoms in total. The highest BCUT2D eigenvalue weighted by Gasteiger charge is 2.18. The van der Waals surface area contributed by atoms with Crippen LogP contribution in [0.15, 0.2) is 54.8 Å². The third kappa shape index (κ3) is 6.06. The van der Waals surface area contributed by atoms with Crippen molar-refractivity contribution < 1.29 is 27.5 Å². The van der Waals surface area contributed by atoms with Crippen LogP contribution in [0, 0.1) is 17.5 Å². The van der Waals surface area contributed by atoms with Crippen molar-refractivity contribution >= 4 is 45.6 Å². The molecule has 11 heteroatoms. The molecule has 0 saturated carbocycles. The van der Waals surface area contributed by atoms with Gasteiger partial charge in [0.1, 0.15) is 16.0 Å². The van der Waals surface area contributed by atoms with Gasteiger partial charge in [-0.05, 0) is 36.4 Å². The molecular weight excluding hydrogens is 455 g/mol. The first-order valence-corrected chi connectivity index (χ1v) is 9.74.